The highest BCUT2D eigenvalue weighted by atomic mass is 16.2. The van der Waals surface area contributed by atoms with Gasteiger partial charge in [0.1, 0.15) is 0 Å². The van der Waals surface area contributed by atoms with Gasteiger partial charge in [0.2, 0.25) is 5.91 Å². The van der Waals surface area contributed by atoms with Crippen LogP contribution in [0.5, 0.6) is 0 Å². The van der Waals surface area contributed by atoms with Gasteiger partial charge in [-0.3, -0.25) is 4.79 Å². The van der Waals surface area contributed by atoms with Crippen LogP contribution in [0, 0.1) is 11.3 Å². The number of amides is 3. The molecule has 2 fully saturated rings. The highest BCUT2D eigenvalue weighted by Crippen LogP contribution is 2.38. The van der Waals surface area contributed by atoms with Crippen LogP contribution in [-0.2, 0) is 4.79 Å². The number of carbonyl (C=O) groups is 2. The van der Waals surface area contributed by atoms with Gasteiger partial charge in [-0.2, -0.15) is 0 Å². The number of piperidine rings is 1. The maximum absolute atomic E-state index is 12.5. The van der Waals surface area contributed by atoms with Crippen LogP contribution in [0.3, 0.4) is 0 Å². The first-order valence-electron chi connectivity index (χ1n) is 10.6. The Morgan fingerprint density at radius 2 is 1.69 bits per heavy atom. The molecule has 26 heavy (non-hydrogen) atoms. The number of rotatable bonds is 6. The third-order valence-electron chi connectivity index (χ3n) is 6.28. The molecule has 2 rings (SSSR count). The minimum atomic E-state index is -0.330. The number of hydrogen-bond donors (Lipinski definition) is 2. The molecule has 0 aromatic carbocycles. The second-order valence-corrected chi connectivity index (χ2v) is 9.44. The highest BCUT2D eigenvalue weighted by Gasteiger charge is 2.40. The van der Waals surface area contributed by atoms with Crippen LogP contribution in [0.1, 0.15) is 86.0 Å². The first-order valence-corrected chi connectivity index (χ1v) is 10.6. The van der Waals surface area contributed by atoms with Crippen molar-refractivity contribution in [2.45, 2.75) is 97.6 Å². The summed E-state index contributed by atoms with van der Waals surface area (Å²) in [6.45, 7) is 11.8. The first kappa shape index (κ1) is 21.0. The molecule has 5 nitrogen and oxygen atoms in total. The lowest BCUT2D eigenvalue weighted by molar-refractivity contribution is -0.140. The molecular weight excluding hydrogens is 326 g/mol. The predicted octanol–water partition coefficient (Wildman–Crippen LogP) is 4.07. The molecule has 2 aliphatic rings. The van der Waals surface area contributed by atoms with Crippen LogP contribution in [0.25, 0.3) is 0 Å². The van der Waals surface area contributed by atoms with Crippen LogP contribution in [-0.4, -0.2) is 41.5 Å². The average molecular weight is 366 g/mol. The maximum Gasteiger partial charge on any atom is 0.315 e. The average Bonchev–Trinajstić information content (AvgIpc) is 2.56. The summed E-state index contributed by atoms with van der Waals surface area (Å²) in [7, 11) is 0. The van der Waals surface area contributed by atoms with E-state index in [0.717, 1.165) is 45.2 Å². The first-order chi connectivity index (χ1) is 12.2. The molecule has 1 aliphatic heterocycles. The molecule has 0 aromatic rings. The minimum absolute atomic E-state index is 0.0174. The standard InChI is InChI=1S/C21H39N3O2/c1-6-16(7-2)15-21(11-8-12-21)23-19(26)22-17-9-13-24(14-10-17)18(25)20(3,4)5/h16-17H,6-15H2,1-5H3,(H2,22,23,26). The van der Waals surface area contributed by atoms with Crippen LogP contribution in [0.15, 0.2) is 0 Å². The summed E-state index contributed by atoms with van der Waals surface area (Å²) in [5.41, 5.74) is -0.312. The van der Waals surface area contributed by atoms with Gasteiger partial charge in [-0.25, -0.2) is 4.79 Å². The van der Waals surface area contributed by atoms with Gasteiger partial charge in [0.25, 0.3) is 0 Å². The van der Waals surface area contributed by atoms with Gasteiger partial charge in [0.05, 0.1) is 0 Å². The quantitative estimate of drug-likeness (QED) is 0.745. The van der Waals surface area contributed by atoms with Gasteiger partial charge < -0.3 is 15.5 Å². The van der Waals surface area contributed by atoms with Crippen molar-refractivity contribution in [2.75, 3.05) is 13.1 Å². The summed E-state index contributed by atoms with van der Waals surface area (Å²) in [5.74, 6) is 0.904. The molecular formula is C21H39N3O2. The molecule has 0 unspecified atom stereocenters. The zero-order valence-corrected chi connectivity index (χ0v) is 17.5. The predicted molar refractivity (Wildman–Crippen MR) is 106 cm³/mol. The van der Waals surface area contributed by atoms with Gasteiger partial charge in [-0.15, -0.1) is 0 Å². The molecule has 0 atom stereocenters. The summed E-state index contributed by atoms with van der Waals surface area (Å²) >= 11 is 0. The molecule has 3 amide bonds. The van der Waals surface area contributed by atoms with E-state index < -0.39 is 0 Å². The van der Waals surface area contributed by atoms with Crippen LogP contribution in [0.2, 0.25) is 0 Å². The molecule has 1 saturated carbocycles. The van der Waals surface area contributed by atoms with Gasteiger partial charge in [-0.1, -0.05) is 47.5 Å². The van der Waals surface area contributed by atoms with Crippen molar-refractivity contribution in [3.05, 3.63) is 0 Å². The SMILES string of the molecule is CCC(CC)CC1(NC(=O)NC2CCN(C(=O)C(C)(C)C)CC2)CCC1. The fraction of sp³-hybridized carbons (Fsp3) is 0.905. The van der Waals surface area contributed by atoms with Crippen molar-refractivity contribution in [3.63, 3.8) is 0 Å². The number of nitrogens with one attached hydrogen (secondary N) is 2. The molecule has 0 aromatic heterocycles. The normalized spacial score (nSPS) is 20.6. The minimum Gasteiger partial charge on any atom is -0.342 e. The molecule has 5 heteroatoms. The van der Waals surface area contributed by atoms with E-state index in [2.05, 4.69) is 24.5 Å². The molecule has 0 radical (unpaired) electrons. The smallest absolute Gasteiger partial charge is 0.315 e. The Kier molecular flexibility index (Phi) is 6.98. The molecule has 0 bridgehead atoms. The van der Waals surface area contributed by atoms with E-state index >= 15 is 0 Å². The Morgan fingerprint density at radius 3 is 2.12 bits per heavy atom. The fourth-order valence-electron chi connectivity index (χ4n) is 4.28. The number of likely N-dealkylation sites (tertiary alicyclic amines) is 1. The summed E-state index contributed by atoms with van der Waals surface area (Å²) in [6, 6.07) is 0.153. The second kappa shape index (κ2) is 8.62. The third-order valence-corrected chi connectivity index (χ3v) is 6.28. The lowest BCUT2D eigenvalue weighted by Gasteiger charge is -2.45. The monoisotopic (exact) mass is 365 g/mol. The van der Waals surface area contributed by atoms with Gasteiger partial charge in [-0.05, 0) is 44.4 Å². The molecule has 2 N–H and O–H groups in total. The number of hydrogen-bond acceptors (Lipinski definition) is 2. The molecule has 1 saturated heterocycles. The van der Waals surface area contributed by atoms with Crippen molar-refractivity contribution in [3.8, 4) is 0 Å². The Hall–Kier alpha value is -1.26. The Morgan fingerprint density at radius 1 is 1.12 bits per heavy atom. The third kappa shape index (κ3) is 5.37. The lowest BCUT2D eigenvalue weighted by Crippen LogP contribution is -2.59. The summed E-state index contributed by atoms with van der Waals surface area (Å²) in [4.78, 5) is 26.9. The van der Waals surface area contributed by atoms with Gasteiger partial charge in [0.15, 0.2) is 0 Å². The van der Waals surface area contributed by atoms with E-state index in [1.165, 1.54) is 19.3 Å². The Bertz CT molecular complexity index is 482. The van der Waals surface area contributed by atoms with E-state index in [0.29, 0.717) is 5.92 Å². The highest BCUT2D eigenvalue weighted by molar-refractivity contribution is 5.81. The zero-order chi connectivity index (χ0) is 19.4. The van der Waals surface area contributed by atoms with Crippen molar-refractivity contribution in [1.29, 1.82) is 0 Å². The van der Waals surface area contributed by atoms with E-state index in [4.69, 9.17) is 0 Å². The molecule has 1 heterocycles. The summed E-state index contributed by atoms with van der Waals surface area (Å²) < 4.78 is 0. The Labute approximate surface area is 159 Å². The van der Waals surface area contributed by atoms with Crippen LogP contribution < -0.4 is 10.6 Å². The van der Waals surface area contributed by atoms with Crippen molar-refractivity contribution in [2.24, 2.45) is 11.3 Å². The van der Waals surface area contributed by atoms with E-state index in [-0.39, 0.29) is 28.9 Å². The molecule has 0 spiro atoms. The Balaban J connectivity index is 1.79. The largest absolute Gasteiger partial charge is 0.342 e. The van der Waals surface area contributed by atoms with E-state index in [1.54, 1.807) is 0 Å². The van der Waals surface area contributed by atoms with Crippen LogP contribution >= 0.6 is 0 Å². The number of carbonyl (C=O) groups excluding carboxylic acids is 2. The van der Waals surface area contributed by atoms with Crippen molar-refractivity contribution >= 4 is 11.9 Å². The van der Waals surface area contributed by atoms with Gasteiger partial charge >= 0.3 is 6.03 Å². The number of nitrogens with zero attached hydrogens (tertiary/aromatic N) is 1. The second-order valence-electron chi connectivity index (χ2n) is 9.44. The lowest BCUT2D eigenvalue weighted by atomic mass is 9.70. The molecule has 150 valence electrons. The van der Waals surface area contributed by atoms with E-state index in [9.17, 15) is 9.59 Å². The topological polar surface area (TPSA) is 61.4 Å². The molecule has 1 aliphatic carbocycles. The van der Waals surface area contributed by atoms with Gasteiger partial charge in [0, 0.05) is 30.1 Å². The van der Waals surface area contributed by atoms with Crippen LogP contribution in [0.4, 0.5) is 4.79 Å². The summed E-state index contributed by atoms with van der Waals surface area (Å²) in [5, 5.41) is 6.47. The number of urea groups is 1. The summed E-state index contributed by atoms with van der Waals surface area (Å²) in [6.07, 6.45) is 8.58. The fourth-order valence-corrected chi connectivity index (χ4v) is 4.28. The van der Waals surface area contributed by atoms with Crippen molar-refractivity contribution in [1.82, 2.24) is 15.5 Å². The van der Waals surface area contributed by atoms with E-state index in [1.807, 2.05) is 25.7 Å². The van der Waals surface area contributed by atoms with Crippen molar-refractivity contribution < 1.29 is 9.59 Å². The zero-order valence-electron chi connectivity index (χ0n) is 17.5. The maximum atomic E-state index is 12.5.